The maximum Gasteiger partial charge on any atom is 0.332 e. The summed E-state index contributed by atoms with van der Waals surface area (Å²) in [6.07, 6.45) is 1.41. The van der Waals surface area contributed by atoms with Crippen molar-refractivity contribution >= 4 is 18.2 Å². The second-order valence-electron chi connectivity index (χ2n) is 3.56. The van der Waals surface area contributed by atoms with Crippen molar-refractivity contribution in [3.8, 4) is 0 Å². The lowest BCUT2D eigenvalue weighted by Gasteiger charge is -2.10. The van der Waals surface area contributed by atoms with Gasteiger partial charge in [-0.2, -0.15) is 5.10 Å². The van der Waals surface area contributed by atoms with E-state index < -0.39 is 6.03 Å². The molecule has 1 rings (SSSR count). The highest BCUT2D eigenvalue weighted by molar-refractivity contribution is 5.95. The van der Waals surface area contributed by atoms with Gasteiger partial charge in [0.05, 0.1) is 6.21 Å². The Morgan fingerprint density at radius 1 is 1.41 bits per heavy atom. The maximum absolute atomic E-state index is 11.7. The molecular formula is C11H14N4O2. The fraction of sp³-hybridized carbons (Fsp3) is 0.182. The summed E-state index contributed by atoms with van der Waals surface area (Å²) in [7, 11) is 3.36. The zero-order valence-electron chi connectivity index (χ0n) is 9.68. The molecule has 3 N–H and O–H groups in total. The van der Waals surface area contributed by atoms with Crippen LogP contribution in [0.4, 0.5) is 4.79 Å². The van der Waals surface area contributed by atoms with Gasteiger partial charge in [0.25, 0.3) is 5.91 Å². The van der Waals surface area contributed by atoms with Gasteiger partial charge in [-0.25, -0.2) is 10.2 Å². The van der Waals surface area contributed by atoms with Crippen molar-refractivity contribution in [2.75, 3.05) is 14.1 Å². The predicted octanol–water partition coefficient (Wildman–Crippen LogP) is 0.391. The van der Waals surface area contributed by atoms with E-state index in [-0.39, 0.29) is 5.91 Å². The van der Waals surface area contributed by atoms with E-state index in [1.54, 1.807) is 38.4 Å². The quantitative estimate of drug-likeness (QED) is 0.585. The number of carbonyl (C=O) groups is 2. The van der Waals surface area contributed by atoms with Crippen LogP contribution in [0.2, 0.25) is 0 Å². The number of urea groups is 1. The summed E-state index contributed by atoms with van der Waals surface area (Å²) in [5, 5.41) is 3.61. The zero-order valence-corrected chi connectivity index (χ0v) is 9.68. The van der Waals surface area contributed by atoms with E-state index >= 15 is 0 Å². The lowest BCUT2D eigenvalue weighted by atomic mass is 10.1. The van der Waals surface area contributed by atoms with Crippen molar-refractivity contribution in [3.05, 3.63) is 35.4 Å². The molecule has 90 valence electrons. The average molecular weight is 234 g/mol. The molecule has 0 spiro atoms. The van der Waals surface area contributed by atoms with Crippen LogP contribution in [-0.4, -0.2) is 37.1 Å². The number of hydrazone groups is 1. The van der Waals surface area contributed by atoms with Gasteiger partial charge in [-0.15, -0.1) is 0 Å². The molecule has 0 radical (unpaired) electrons. The minimum absolute atomic E-state index is 0.0943. The molecule has 0 saturated carbocycles. The highest BCUT2D eigenvalue weighted by Crippen LogP contribution is 2.05. The Labute approximate surface area is 99.1 Å². The van der Waals surface area contributed by atoms with E-state index in [0.29, 0.717) is 11.1 Å². The Hall–Kier alpha value is -2.37. The summed E-state index contributed by atoms with van der Waals surface area (Å²) in [5.41, 5.74) is 8.18. The van der Waals surface area contributed by atoms with Crippen LogP contribution >= 0.6 is 0 Å². The summed E-state index contributed by atoms with van der Waals surface area (Å²) in [5.74, 6) is -0.0943. The van der Waals surface area contributed by atoms with Crippen molar-refractivity contribution in [2.45, 2.75) is 0 Å². The van der Waals surface area contributed by atoms with Gasteiger partial charge >= 0.3 is 6.03 Å². The van der Waals surface area contributed by atoms with E-state index in [0.717, 1.165) is 0 Å². The molecule has 0 heterocycles. The van der Waals surface area contributed by atoms with Crippen molar-refractivity contribution in [1.82, 2.24) is 10.3 Å². The highest BCUT2D eigenvalue weighted by atomic mass is 16.2. The third-order valence-electron chi connectivity index (χ3n) is 1.93. The molecule has 0 aromatic heterocycles. The second kappa shape index (κ2) is 5.64. The summed E-state index contributed by atoms with van der Waals surface area (Å²) in [4.78, 5) is 23.5. The monoisotopic (exact) mass is 234 g/mol. The molecule has 0 bridgehead atoms. The second-order valence-corrected chi connectivity index (χ2v) is 3.56. The van der Waals surface area contributed by atoms with E-state index in [4.69, 9.17) is 5.73 Å². The van der Waals surface area contributed by atoms with E-state index in [9.17, 15) is 9.59 Å². The number of primary amides is 1. The Morgan fingerprint density at radius 3 is 2.71 bits per heavy atom. The van der Waals surface area contributed by atoms with Crippen molar-refractivity contribution in [3.63, 3.8) is 0 Å². The van der Waals surface area contributed by atoms with Gasteiger partial charge in [0.15, 0.2) is 0 Å². The number of rotatable bonds is 3. The SMILES string of the molecule is CN(C)C(=O)c1cccc(C=NNC(N)=O)c1. The fourth-order valence-corrected chi connectivity index (χ4v) is 1.18. The van der Waals surface area contributed by atoms with E-state index in [1.165, 1.54) is 11.1 Å². The molecule has 17 heavy (non-hydrogen) atoms. The summed E-state index contributed by atoms with van der Waals surface area (Å²) >= 11 is 0. The normalized spacial score (nSPS) is 10.2. The molecule has 3 amide bonds. The fourth-order valence-electron chi connectivity index (χ4n) is 1.18. The van der Waals surface area contributed by atoms with Crippen LogP contribution in [-0.2, 0) is 0 Å². The summed E-state index contributed by atoms with van der Waals surface area (Å²) < 4.78 is 0. The largest absolute Gasteiger partial charge is 0.350 e. The minimum atomic E-state index is -0.734. The average Bonchev–Trinajstić information content (AvgIpc) is 2.28. The van der Waals surface area contributed by atoms with Gasteiger partial charge in [-0.05, 0) is 17.7 Å². The maximum atomic E-state index is 11.7. The predicted molar refractivity (Wildman–Crippen MR) is 64.8 cm³/mol. The van der Waals surface area contributed by atoms with E-state index in [1.807, 2.05) is 0 Å². The van der Waals surface area contributed by atoms with Crippen LogP contribution in [0.15, 0.2) is 29.4 Å². The molecular weight excluding hydrogens is 220 g/mol. The number of nitrogens with one attached hydrogen (secondary N) is 1. The first-order chi connectivity index (χ1) is 8.00. The third-order valence-corrected chi connectivity index (χ3v) is 1.93. The molecule has 0 atom stereocenters. The Morgan fingerprint density at radius 2 is 2.12 bits per heavy atom. The summed E-state index contributed by atoms with van der Waals surface area (Å²) in [6.45, 7) is 0. The van der Waals surface area contributed by atoms with Gasteiger partial charge in [0.2, 0.25) is 0 Å². The number of nitrogens with two attached hydrogens (primary N) is 1. The first-order valence-corrected chi connectivity index (χ1v) is 4.91. The van der Waals surface area contributed by atoms with Gasteiger partial charge in [-0.1, -0.05) is 12.1 Å². The van der Waals surface area contributed by atoms with Crippen LogP contribution in [0.1, 0.15) is 15.9 Å². The molecule has 0 aliphatic carbocycles. The number of carbonyl (C=O) groups excluding carboxylic acids is 2. The van der Waals surface area contributed by atoms with Crippen LogP contribution in [0.25, 0.3) is 0 Å². The number of hydrogen-bond acceptors (Lipinski definition) is 3. The highest BCUT2D eigenvalue weighted by Gasteiger charge is 2.07. The van der Waals surface area contributed by atoms with Crippen LogP contribution in [0.5, 0.6) is 0 Å². The van der Waals surface area contributed by atoms with Gasteiger partial charge in [-0.3, -0.25) is 4.79 Å². The molecule has 0 aliphatic heterocycles. The smallest absolute Gasteiger partial charge is 0.332 e. The molecule has 0 aliphatic rings. The van der Waals surface area contributed by atoms with Crippen LogP contribution in [0.3, 0.4) is 0 Å². The molecule has 0 unspecified atom stereocenters. The number of hydrogen-bond donors (Lipinski definition) is 2. The van der Waals surface area contributed by atoms with E-state index in [2.05, 4.69) is 10.5 Å². The zero-order chi connectivity index (χ0) is 12.8. The minimum Gasteiger partial charge on any atom is -0.350 e. The first-order valence-electron chi connectivity index (χ1n) is 4.91. The molecule has 0 fully saturated rings. The molecule has 0 saturated heterocycles. The number of benzene rings is 1. The summed E-state index contributed by atoms with van der Waals surface area (Å²) in [6, 6.07) is 6.15. The topological polar surface area (TPSA) is 87.8 Å². The standard InChI is InChI=1S/C11H14N4O2/c1-15(2)10(16)9-5-3-4-8(6-9)7-13-14-11(12)17/h3-7H,1-2H3,(H3,12,14,17). The van der Waals surface area contributed by atoms with Gasteiger partial charge in [0.1, 0.15) is 0 Å². The van der Waals surface area contributed by atoms with Crippen LogP contribution < -0.4 is 11.2 Å². The molecule has 6 heteroatoms. The molecule has 1 aromatic carbocycles. The molecule has 1 aromatic rings. The van der Waals surface area contributed by atoms with Gasteiger partial charge < -0.3 is 10.6 Å². The van der Waals surface area contributed by atoms with Crippen LogP contribution in [0, 0.1) is 0 Å². The lowest BCUT2D eigenvalue weighted by molar-refractivity contribution is 0.0827. The Kier molecular flexibility index (Phi) is 4.21. The number of nitrogens with zero attached hydrogens (tertiary/aromatic N) is 2. The third kappa shape index (κ3) is 3.94. The Bertz CT molecular complexity index is 455. The van der Waals surface area contributed by atoms with Crippen molar-refractivity contribution in [2.24, 2.45) is 10.8 Å². The Balaban J connectivity index is 2.82. The van der Waals surface area contributed by atoms with Crippen molar-refractivity contribution in [1.29, 1.82) is 0 Å². The number of amides is 3. The van der Waals surface area contributed by atoms with Crippen molar-refractivity contribution < 1.29 is 9.59 Å². The lowest BCUT2D eigenvalue weighted by Crippen LogP contribution is -2.24. The first kappa shape index (κ1) is 12.7. The van der Waals surface area contributed by atoms with Gasteiger partial charge in [0, 0.05) is 19.7 Å². The molecule has 6 nitrogen and oxygen atoms in total.